The van der Waals surface area contributed by atoms with Crippen molar-refractivity contribution in [2.45, 2.75) is 6.18 Å². The van der Waals surface area contributed by atoms with Crippen molar-refractivity contribution in [3.8, 4) is 5.75 Å². The summed E-state index contributed by atoms with van der Waals surface area (Å²) in [7, 11) is 0. The SMILES string of the molecule is O=[N+]([O-])c1cc(C(F)(F)F)ccc1N/N=C/c1cc(Br)cc(Cl)c1O. The van der Waals surface area contributed by atoms with Crippen LogP contribution in [0.15, 0.2) is 39.9 Å². The number of alkyl halides is 3. The molecule has 0 aliphatic heterocycles. The van der Waals surface area contributed by atoms with E-state index in [-0.39, 0.29) is 22.0 Å². The number of hydrogen-bond acceptors (Lipinski definition) is 5. The second kappa shape index (κ2) is 7.28. The lowest BCUT2D eigenvalue weighted by atomic mass is 10.1. The van der Waals surface area contributed by atoms with Crippen molar-refractivity contribution in [1.82, 2.24) is 0 Å². The van der Waals surface area contributed by atoms with Gasteiger partial charge in [-0.1, -0.05) is 27.5 Å². The number of nitro groups is 1. The van der Waals surface area contributed by atoms with Gasteiger partial charge < -0.3 is 5.11 Å². The Morgan fingerprint density at radius 2 is 2.00 bits per heavy atom. The van der Waals surface area contributed by atoms with Crippen molar-refractivity contribution >= 4 is 45.1 Å². The van der Waals surface area contributed by atoms with Crippen LogP contribution < -0.4 is 5.43 Å². The number of nitrogens with zero attached hydrogens (tertiary/aromatic N) is 2. The van der Waals surface area contributed by atoms with Gasteiger partial charge in [0.2, 0.25) is 0 Å². The van der Waals surface area contributed by atoms with Gasteiger partial charge in [-0.2, -0.15) is 18.3 Å². The van der Waals surface area contributed by atoms with E-state index in [1.54, 1.807) is 0 Å². The zero-order chi connectivity index (χ0) is 18.8. The largest absolute Gasteiger partial charge is 0.506 e. The van der Waals surface area contributed by atoms with Crippen LogP contribution in [0.1, 0.15) is 11.1 Å². The molecule has 0 saturated heterocycles. The summed E-state index contributed by atoms with van der Waals surface area (Å²) in [4.78, 5) is 10.0. The summed E-state index contributed by atoms with van der Waals surface area (Å²) in [6.07, 6.45) is -3.58. The van der Waals surface area contributed by atoms with E-state index in [1.165, 1.54) is 12.1 Å². The monoisotopic (exact) mass is 437 g/mol. The highest BCUT2D eigenvalue weighted by Gasteiger charge is 2.33. The number of halogens is 5. The average molecular weight is 439 g/mol. The number of anilines is 1. The Morgan fingerprint density at radius 1 is 1.32 bits per heavy atom. The Labute approximate surface area is 152 Å². The zero-order valence-electron chi connectivity index (χ0n) is 12.0. The van der Waals surface area contributed by atoms with Gasteiger partial charge >= 0.3 is 6.18 Å². The maximum atomic E-state index is 12.6. The Morgan fingerprint density at radius 3 is 2.60 bits per heavy atom. The third kappa shape index (κ3) is 4.60. The molecular formula is C14H8BrClF3N3O3. The molecular weight excluding hydrogens is 431 g/mol. The predicted octanol–water partition coefficient (Wildman–Crippen LogP) is 5.18. The Balaban J connectivity index is 2.30. The number of rotatable bonds is 4. The summed E-state index contributed by atoms with van der Waals surface area (Å²) in [6, 6.07) is 4.92. The number of nitrogens with one attached hydrogen (secondary N) is 1. The molecule has 0 fully saturated rings. The van der Waals surface area contributed by atoms with Crippen molar-refractivity contribution in [2.24, 2.45) is 5.10 Å². The number of hydrazone groups is 1. The van der Waals surface area contributed by atoms with Gasteiger partial charge in [0.25, 0.3) is 5.69 Å². The zero-order valence-corrected chi connectivity index (χ0v) is 14.4. The van der Waals surface area contributed by atoms with Crippen LogP contribution >= 0.6 is 27.5 Å². The average Bonchev–Trinajstić information content (AvgIpc) is 2.50. The third-order valence-electron chi connectivity index (χ3n) is 2.97. The van der Waals surface area contributed by atoms with Crippen molar-refractivity contribution in [3.05, 3.63) is 61.1 Å². The minimum atomic E-state index is -4.70. The van der Waals surface area contributed by atoms with Crippen LogP contribution in [0.5, 0.6) is 5.75 Å². The van der Waals surface area contributed by atoms with Crippen LogP contribution in [0.4, 0.5) is 24.5 Å². The van der Waals surface area contributed by atoms with Crippen molar-refractivity contribution < 1.29 is 23.2 Å². The number of aromatic hydroxyl groups is 1. The first kappa shape index (κ1) is 19.0. The fraction of sp³-hybridized carbons (Fsp3) is 0.0714. The molecule has 25 heavy (non-hydrogen) atoms. The van der Waals surface area contributed by atoms with E-state index < -0.39 is 22.4 Å². The maximum absolute atomic E-state index is 12.6. The van der Waals surface area contributed by atoms with Crippen LogP contribution in [-0.2, 0) is 6.18 Å². The standard InChI is InChI=1S/C14H8BrClF3N3O3/c15-9-3-7(13(23)10(16)5-9)6-20-21-11-2-1-8(14(17,18)19)4-12(11)22(24)25/h1-6,21,23H/b20-6+. The third-order valence-corrected chi connectivity index (χ3v) is 3.71. The Bertz CT molecular complexity index is 859. The lowest BCUT2D eigenvalue weighted by Crippen LogP contribution is -2.06. The molecule has 2 aromatic rings. The van der Waals surface area contributed by atoms with E-state index >= 15 is 0 Å². The quantitative estimate of drug-likeness (QED) is 0.391. The molecule has 2 N–H and O–H groups in total. The molecule has 0 unspecified atom stereocenters. The fourth-order valence-electron chi connectivity index (χ4n) is 1.81. The molecule has 132 valence electrons. The van der Waals surface area contributed by atoms with E-state index in [4.69, 9.17) is 11.6 Å². The topological polar surface area (TPSA) is 87.8 Å². The second-order valence-electron chi connectivity index (χ2n) is 4.68. The van der Waals surface area contributed by atoms with Gasteiger partial charge in [-0.05, 0) is 24.3 Å². The summed E-state index contributed by atoms with van der Waals surface area (Å²) in [5, 5.41) is 24.5. The van der Waals surface area contributed by atoms with Crippen LogP contribution in [-0.4, -0.2) is 16.2 Å². The van der Waals surface area contributed by atoms with Crippen molar-refractivity contribution in [3.63, 3.8) is 0 Å². The van der Waals surface area contributed by atoms with E-state index in [2.05, 4.69) is 26.5 Å². The first-order valence-corrected chi connectivity index (χ1v) is 7.59. The van der Waals surface area contributed by atoms with E-state index in [1.807, 2.05) is 0 Å². The molecule has 0 radical (unpaired) electrons. The van der Waals surface area contributed by atoms with Gasteiger partial charge in [-0.15, -0.1) is 0 Å². The normalized spacial score (nSPS) is 11.7. The number of hydrogen-bond donors (Lipinski definition) is 2. The lowest BCUT2D eigenvalue weighted by molar-refractivity contribution is -0.384. The molecule has 0 aliphatic carbocycles. The second-order valence-corrected chi connectivity index (χ2v) is 6.01. The highest BCUT2D eigenvalue weighted by molar-refractivity contribution is 9.10. The summed E-state index contributed by atoms with van der Waals surface area (Å²) in [5.74, 6) is -0.266. The van der Waals surface area contributed by atoms with E-state index in [0.717, 1.165) is 12.3 Å². The highest BCUT2D eigenvalue weighted by Crippen LogP contribution is 2.35. The molecule has 0 aliphatic rings. The van der Waals surface area contributed by atoms with Crippen LogP contribution in [0.2, 0.25) is 5.02 Å². The molecule has 0 amide bonds. The molecule has 0 bridgehead atoms. The van der Waals surface area contributed by atoms with Gasteiger partial charge in [0, 0.05) is 16.1 Å². The van der Waals surface area contributed by atoms with Gasteiger partial charge in [-0.25, -0.2) is 0 Å². The van der Waals surface area contributed by atoms with Crippen molar-refractivity contribution in [1.29, 1.82) is 0 Å². The molecule has 11 heteroatoms. The van der Waals surface area contributed by atoms with Crippen LogP contribution in [0.25, 0.3) is 0 Å². The first-order chi connectivity index (χ1) is 11.6. The molecule has 0 saturated carbocycles. The van der Waals surface area contributed by atoms with E-state index in [0.29, 0.717) is 16.6 Å². The first-order valence-electron chi connectivity index (χ1n) is 6.42. The molecule has 0 spiro atoms. The van der Waals surface area contributed by atoms with Gasteiger partial charge in [0.1, 0.15) is 11.4 Å². The maximum Gasteiger partial charge on any atom is 0.416 e. The van der Waals surface area contributed by atoms with Gasteiger partial charge in [0.05, 0.1) is 21.7 Å². The number of nitro benzene ring substituents is 1. The molecule has 0 aromatic heterocycles. The lowest BCUT2D eigenvalue weighted by Gasteiger charge is -2.08. The Hall–Kier alpha value is -2.33. The van der Waals surface area contributed by atoms with Crippen molar-refractivity contribution in [2.75, 3.05) is 5.43 Å². The van der Waals surface area contributed by atoms with Crippen LogP contribution in [0, 0.1) is 10.1 Å². The molecule has 0 atom stereocenters. The number of phenolic OH excluding ortho intramolecular Hbond substituents is 1. The summed E-state index contributed by atoms with van der Waals surface area (Å²) in [6.45, 7) is 0. The summed E-state index contributed by atoms with van der Waals surface area (Å²) >= 11 is 8.95. The molecule has 2 rings (SSSR count). The minimum Gasteiger partial charge on any atom is -0.506 e. The smallest absolute Gasteiger partial charge is 0.416 e. The molecule has 0 heterocycles. The number of phenols is 1. The summed E-state index contributed by atoms with van der Waals surface area (Å²) < 4.78 is 38.5. The minimum absolute atomic E-state index is 0.0522. The summed E-state index contributed by atoms with van der Waals surface area (Å²) in [5.41, 5.74) is 0.297. The van der Waals surface area contributed by atoms with Crippen LogP contribution in [0.3, 0.4) is 0 Å². The van der Waals surface area contributed by atoms with Gasteiger partial charge in [-0.3, -0.25) is 15.5 Å². The van der Waals surface area contributed by atoms with Gasteiger partial charge in [0.15, 0.2) is 0 Å². The predicted molar refractivity (Wildman–Crippen MR) is 90.1 cm³/mol. The highest BCUT2D eigenvalue weighted by atomic mass is 79.9. The Kier molecular flexibility index (Phi) is 5.53. The fourth-order valence-corrected chi connectivity index (χ4v) is 2.64. The molecule has 6 nitrogen and oxygen atoms in total. The number of benzene rings is 2. The van der Waals surface area contributed by atoms with E-state index in [9.17, 15) is 28.4 Å². The molecule has 2 aromatic carbocycles.